The van der Waals surface area contributed by atoms with Gasteiger partial charge in [-0.3, -0.25) is 4.79 Å². The van der Waals surface area contributed by atoms with Crippen molar-refractivity contribution in [2.45, 2.75) is 13.0 Å². The Morgan fingerprint density at radius 2 is 2.19 bits per heavy atom. The monoisotopic (exact) mass is 308 g/mol. The van der Waals surface area contributed by atoms with E-state index in [2.05, 4.69) is 21.2 Å². The van der Waals surface area contributed by atoms with E-state index in [4.69, 9.17) is 10.5 Å². The summed E-state index contributed by atoms with van der Waals surface area (Å²) >= 11 is 3.33. The third-order valence-electron chi connectivity index (χ3n) is 1.83. The zero-order chi connectivity index (χ0) is 11.4. The third kappa shape index (κ3) is 4.00. The van der Waals surface area contributed by atoms with Crippen LogP contribution in [-0.4, -0.2) is 19.1 Å². The van der Waals surface area contributed by atoms with E-state index in [9.17, 15) is 4.79 Å². The first-order chi connectivity index (χ1) is 7.04. The summed E-state index contributed by atoms with van der Waals surface area (Å²) in [5.41, 5.74) is 6.11. The molecule has 1 atom stereocenters. The van der Waals surface area contributed by atoms with Crippen LogP contribution in [0.5, 0.6) is 5.75 Å². The number of amides is 1. The van der Waals surface area contributed by atoms with Gasteiger partial charge in [-0.15, -0.1) is 12.4 Å². The number of nitrogens with one attached hydrogen (secondary N) is 1. The molecule has 0 unspecified atom stereocenters. The molecule has 16 heavy (non-hydrogen) atoms. The third-order valence-corrected chi connectivity index (χ3v) is 2.45. The minimum atomic E-state index is -0.522. The summed E-state index contributed by atoms with van der Waals surface area (Å²) in [4.78, 5) is 11.3. The molecule has 0 bridgehead atoms. The maximum atomic E-state index is 11.3. The van der Waals surface area contributed by atoms with E-state index in [0.717, 1.165) is 4.47 Å². The summed E-state index contributed by atoms with van der Waals surface area (Å²) in [6.45, 7) is 1.63. The van der Waals surface area contributed by atoms with Crippen molar-refractivity contribution in [1.29, 1.82) is 0 Å². The minimum absolute atomic E-state index is 0. The highest BCUT2D eigenvalue weighted by Crippen LogP contribution is 2.27. The fourth-order valence-corrected chi connectivity index (χ4v) is 1.54. The molecule has 0 aromatic heterocycles. The van der Waals surface area contributed by atoms with Crippen LogP contribution in [0.15, 0.2) is 22.7 Å². The van der Waals surface area contributed by atoms with Gasteiger partial charge in [0.2, 0.25) is 5.91 Å². The fraction of sp³-hybridized carbons (Fsp3) is 0.300. The van der Waals surface area contributed by atoms with Gasteiger partial charge in [0.05, 0.1) is 17.6 Å². The van der Waals surface area contributed by atoms with E-state index >= 15 is 0 Å². The Balaban J connectivity index is 0.00000225. The molecule has 0 spiro atoms. The normalized spacial score (nSPS) is 11.2. The van der Waals surface area contributed by atoms with Crippen LogP contribution in [0.3, 0.4) is 0 Å². The molecule has 1 aromatic rings. The molecule has 0 radical (unpaired) electrons. The lowest BCUT2D eigenvalue weighted by molar-refractivity contribution is -0.117. The van der Waals surface area contributed by atoms with Crippen LogP contribution in [0.1, 0.15) is 6.92 Å². The maximum Gasteiger partial charge on any atom is 0.240 e. The molecule has 1 amide bonds. The van der Waals surface area contributed by atoms with Crippen LogP contribution in [0.2, 0.25) is 0 Å². The number of carbonyl (C=O) groups is 1. The van der Waals surface area contributed by atoms with Gasteiger partial charge in [0, 0.05) is 5.69 Å². The van der Waals surface area contributed by atoms with Crippen molar-refractivity contribution in [1.82, 2.24) is 0 Å². The number of methoxy groups -OCH3 is 1. The second-order valence-corrected chi connectivity index (χ2v) is 3.98. The van der Waals surface area contributed by atoms with Gasteiger partial charge in [0.15, 0.2) is 0 Å². The number of rotatable bonds is 3. The van der Waals surface area contributed by atoms with Crippen molar-refractivity contribution < 1.29 is 9.53 Å². The van der Waals surface area contributed by atoms with E-state index < -0.39 is 6.04 Å². The minimum Gasteiger partial charge on any atom is -0.496 e. The Morgan fingerprint density at radius 1 is 1.56 bits per heavy atom. The topological polar surface area (TPSA) is 64.3 Å². The molecule has 0 saturated carbocycles. The molecule has 6 heteroatoms. The van der Waals surface area contributed by atoms with Gasteiger partial charge in [-0.1, -0.05) is 0 Å². The quantitative estimate of drug-likeness (QED) is 0.899. The number of anilines is 1. The number of carbonyl (C=O) groups excluding carboxylic acids is 1. The SMILES string of the molecule is COc1ccc(NC(=O)[C@@H](C)N)cc1Br.Cl. The first-order valence-electron chi connectivity index (χ1n) is 4.44. The molecular weight excluding hydrogens is 295 g/mol. The lowest BCUT2D eigenvalue weighted by atomic mass is 10.2. The lowest BCUT2D eigenvalue weighted by Gasteiger charge is -2.09. The molecule has 0 fully saturated rings. The molecule has 1 aromatic carbocycles. The zero-order valence-corrected chi connectivity index (χ0v) is 11.4. The molecule has 4 nitrogen and oxygen atoms in total. The maximum absolute atomic E-state index is 11.3. The largest absolute Gasteiger partial charge is 0.496 e. The Bertz CT molecular complexity index is 372. The van der Waals surface area contributed by atoms with Crippen LogP contribution in [-0.2, 0) is 4.79 Å². The molecule has 0 saturated heterocycles. The number of nitrogens with two attached hydrogens (primary N) is 1. The Kier molecular flexibility index (Phi) is 6.40. The molecule has 1 rings (SSSR count). The Hall–Kier alpha value is -0.780. The summed E-state index contributed by atoms with van der Waals surface area (Å²) in [6.07, 6.45) is 0. The van der Waals surface area contributed by atoms with Gasteiger partial charge < -0.3 is 15.8 Å². The molecule has 0 aliphatic carbocycles. The van der Waals surface area contributed by atoms with E-state index in [-0.39, 0.29) is 18.3 Å². The van der Waals surface area contributed by atoms with Crippen molar-refractivity contribution >= 4 is 39.9 Å². The van der Waals surface area contributed by atoms with Crippen molar-refractivity contribution in [3.8, 4) is 5.75 Å². The van der Waals surface area contributed by atoms with Crippen molar-refractivity contribution in [3.05, 3.63) is 22.7 Å². The van der Waals surface area contributed by atoms with Crippen LogP contribution in [0.4, 0.5) is 5.69 Å². The van der Waals surface area contributed by atoms with Crippen molar-refractivity contribution in [3.63, 3.8) is 0 Å². The standard InChI is InChI=1S/C10H13BrN2O2.ClH/c1-6(12)10(14)13-7-3-4-9(15-2)8(11)5-7;/h3-6H,12H2,1-2H3,(H,13,14);1H/t6-;/m1./s1. The highest BCUT2D eigenvalue weighted by molar-refractivity contribution is 9.10. The number of halogens is 2. The Morgan fingerprint density at radius 3 is 2.62 bits per heavy atom. The van der Waals surface area contributed by atoms with Crippen LogP contribution in [0.25, 0.3) is 0 Å². The summed E-state index contributed by atoms with van der Waals surface area (Å²) in [5, 5.41) is 2.68. The summed E-state index contributed by atoms with van der Waals surface area (Å²) in [6, 6.07) is 4.76. The van der Waals surface area contributed by atoms with Gasteiger partial charge in [-0.2, -0.15) is 0 Å². The number of hydrogen-bond donors (Lipinski definition) is 2. The van der Waals surface area contributed by atoms with Gasteiger partial charge in [0.1, 0.15) is 5.75 Å². The van der Waals surface area contributed by atoms with E-state index in [1.165, 1.54) is 0 Å². The number of ether oxygens (including phenoxy) is 1. The molecule has 3 N–H and O–H groups in total. The number of hydrogen-bond acceptors (Lipinski definition) is 3. The van der Waals surface area contributed by atoms with Crippen LogP contribution in [0, 0.1) is 0 Å². The van der Waals surface area contributed by atoms with E-state index in [1.807, 2.05) is 0 Å². The molecule has 90 valence electrons. The molecule has 0 heterocycles. The fourth-order valence-electron chi connectivity index (χ4n) is 1.00. The van der Waals surface area contributed by atoms with Crippen molar-refractivity contribution in [2.24, 2.45) is 5.73 Å². The lowest BCUT2D eigenvalue weighted by Crippen LogP contribution is -2.32. The summed E-state index contributed by atoms with van der Waals surface area (Å²) < 4.78 is 5.85. The van der Waals surface area contributed by atoms with Gasteiger partial charge >= 0.3 is 0 Å². The average molecular weight is 310 g/mol. The van der Waals surface area contributed by atoms with E-state index in [0.29, 0.717) is 11.4 Å². The smallest absolute Gasteiger partial charge is 0.240 e. The number of benzene rings is 1. The second-order valence-electron chi connectivity index (χ2n) is 3.13. The summed E-state index contributed by atoms with van der Waals surface area (Å²) in [7, 11) is 1.58. The predicted molar refractivity (Wildman–Crippen MR) is 70.2 cm³/mol. The summed E-state index contributed by atoms with van der Waals surface area (Å²) in [5.74, 6) is 0.501. The van der Waals surface area contributed by atoms with Crippen LogP contribution < -0.4 is 15.8 Å². The van der Waals surface area contributed by atoms with Crippen molar-refractivity contribution in [2.75, 3.05) is 12.4 Å². The van der Waals surface area contributed by atoms with Gasteiger partial charge in [-0.25, -0.2) is 0 Å². The highest BCUT2D eigenvalue weighted by Gasteiger charge is 2.08. The molecular formula is C10H14BrClN2O2. The van der Waals surface area contributed by atoms with Crippen LogP contribution >= 0.6 is 28.3 Å². The second kappa shape index (κ2) is 6.73. The Labute approximate surface area is 109 Å². The van der Waals surface area contributed by atoms with E-state index in [1.54, 1.807) is 32.2 Å². The molecule has 0 aliphatic rings. The molecule has 0 aliphatic heterocycles. The first kappa shape index (κ1) is 15.2. The zero-order valence-electron chi connectivity index (χ0n) is 8.99. The van der Waals surface area contributed by atoms with Gasteiger partial charge in [-0.05, 0) is 41.1 Å². The van der Waals surface area contributed by atoms with Gasteiger partial charge in [0.25, 0.3) is 0 Å². The first-order valence-corrected chi connectivity index (χ1v) is 5.24. The average Bonchev–Trinajstić information content (AvgIpc) is 2.18. The predicted octanol–water partition coefficient (Wildman–Crippen LogP) is 2.17. The highest BCUT2D eigenvalue weighted by atomic mass is 79.9.